The van der Waals surface area contributed by atoms with Crippen molar-refractivity contribution in [3.05, 3.63) is 83.7 Å². The Balaban J connectivity index is 1.38. The maximum Gasteiger partial charge on any atom is 0.254 e. The highest BCUT2D eigenvalue weighted by Crippen LogP contribution is 2.30. The Morgan fingerprint density at radius 1 is 1.06 bits per heavy atom. The predicted octanol–water partition coefficient (Wildman–Crippen LogP) is 5.29. The number of halogens is 1. The first-order chi connectivity index (χ1) is 15.5. The van der Waals surface area contributed by atoms with E-state index in [0.29, 0.717) is 29.9 Å². The number of aromatic nitrogens is 1. The topological polar surface area (TPSA) is 49.6 Å². The molecule has 0 bridgehead atoms. The van der Waals surface area contributed by atoms with E-state index in [0.717, 1.165) is 17.5 Å². The second kappa shape index (κ2) is 8.11. The third-order valence-electron chi connectivity index (χ3n) is 6.08. The average Bonchev–Trinajstić information content (AvgIpc) is 3.22. The van der Waals surface area contributed by atoms with Crippen molar-refractivity contribution in [2.75, 3.05) is 24.5 Å². The molecule has 0 N–H and O–H groups in total. The molecule has 0 radical (unpaired) electrons. The van der Waals surface area contributed by atoms with E-state index in [1.165, 1.54) is 23.4 Å². The van der Waals surface area contributed by atoms with Crippen molar-refractivity contribution in [1.29, 1.82) is 0 Å². The lowest BCUT2D eigenvalue weighted by atomic mass is 10.0. The summed E-state index contributed by atoms with van der Waals surface area (Å²) in [6, 6.07) is 20.2. The number of carbonyl (C=O) groups is 1. The largest absolute Gasteiger partial charge is 0.365 e. The first-order valence-corrected chi connectivity index (χ1v) is 10.8. The third kappa shape index (κ3) is 3.73. The normalized spacial score (nSPS) is 16.5. The number of anilines is 1. The number of rotatable bonds is 3. The summed E-state index contributed by atoms with van der Waals surface area (Å²) >= 11 is 0. The van der Waals surface area contributed by atoms with Crippen LogP contribution in [0.25, 0.3) is 22.2 Å². The molecule has 0 spiro atoms. The highest BCUT2D eigenvalue weighted by atomic mass is 19.1. The minimum absolute atomic E-state index is 0.00565. The summed E-state index contributed by atoms with van der Waals surface area (Å²) in [7, 11) is 0. The van der Waals surface area contributed by atoms with E-state index in [4.69, 9.17) is 4.52 Å². The van der Waals surface area contributed by atoms with Crippen LogP contribution in [0.4, 0.5) is 10.1 Å². The lowest BCUT2D eigenvalue weighted by Crippen LogP contribution is -2.53. The molecule has 1 saturated heterocycles. The van der Waals surface area contributed by atoms with Gasteiger partial charge in [0.1, 0.15) is 11.3 Å². The van der Waals surface area contributed by atoms with E-state index in [-0.39, 0.29) is 17.8 Å². The maximum absolute atomic E-state index is 13.3. The molecule has 1 aromatic heterocycles. The van der Waals surface area contributed by atoms with Crippen LogP contribution in [-0.2, 0) is 0 Å². The van der Waals surface area contributed by atoms with Gasteiger partial charge in [0.2, 0.25) is 0 Å². The van der Waals surface area contributed by atoms with E-state index >= 15 is 0 Å². The minimum atomic E-state index is -0.313. The Labute approximate surface area is 186 Å². The molecule has 3 aromatic carbocycles. The van der Waals surface area contributed by atoms with Gasteiger partial charge < -0.3 is 14.3 Å². The molecule has 5 rings (SSSR count). The van der Waals surface area contributed by atoms with Gasteiger partial charge in [-0.25, -0.2) is 4.39 Å². The number of benzene rings is 3. The maximum atomic E-state index is 13.3. The zero-order valence-corrected chi connectivity index (χ0v) is 18.1. The fraction of sp³-hybridized carbons (Fsp3) is 0.231. The van der Waals surface area contributed by atoms with Gasteiger partial charge in [-0.3, -0.25) is 4.79 Å². The molecule has 1 atom stereocenters. The molecule has 162 valence electrons. The number of amides is 1. The molecule has 6 heteroatoms. The quantitative estimate of drug-likeness (QED) is 0.444. The number of carbonyl (C=O) groups excluding carboxylic acids is 1. The molecule has 5 nitrogen and oxygen atoms in total. The van der Waals surface area contributed by atoms with Crippen molar-refractivity contribution in [1.82, 2.24) is 10.1 Å². The second-order valence-corrected chi connectivity index (χ2v) is 8.38. The van der Waals surface area contributed by atoms with Crippen molar-refractivity contribution in [3.8, 4) is 11.3 Å². The van der Waals surface area contributed by atoms with Gasteiger partial charge in [-0.2, -0.15) is 0 Å². The molecular formula is C26H24FN3O2. The van der Waals surface area contributed by atoms with E-state index in [1.807, 2.05) is 11.0 Å². The fourth-order valence-electron chi connectivity index (χ4n) is 4.40. The molecule has 32 heavy (non-hydrogen) atoms. The number of hydrogen-bond donors (Lipinski definition) is 0. The highest BCUT2D eigenvalue weighted by molar-refractivity contribution is 6.01. The summed E-state index contributed by atoms with van der Waals surface area (Å²) in [6.45, 7) is 6.34. The Kier molecular flexibility index (Phi) is 5.13. The van der Waals surface area contributed by atoms with Gasteiger partial charge in [-0.1, -0.05) is 17.3 Å². The highest BCUT2D eigenvalue weighted by Gasteiger charge is 2.28. The molecule has 1 unspecified atom stereocenters. The van der Waals surface area contributed by atoms with Crippen LogP contribution < -0.4 is 4.90 Å². The van der Waals surface area contributed by atoms with Gasteiger partial charge in [0, 0.05) is 42.5 Å². The van der Waals surface area contributed by atoms with Gasteiger partial charge in [0.15, 0.2) is 5.76 Å². The summed E-state index contributed by atoms with van der Waals surface area (Å²) < 4.78 is 18.8. The number of aryl methyl sites for hydroxylation is 1. The molecule has 4 aromatic rings. The van der Waals surface area contributed by atoms with Gasteiger partial charge in [0.25, 0.3) is 5.91 Å². The Bertz CT molecular complexity index is 1280. The van der Waals surface area contributed by atoms with Crippen molar-refractivity contribution in [2.24, 2.45) is 0 Å². The monoisotopic (exact) mass is 429 g/mol. The summed E-state index contributed by atoms with van der Waals surface area (Å²) in [5.41, 5.74) is 4.41. The van der Waals surface area contributed by atoms with Crippen LogP contribution in [0, 0.1) is 12.7 Å². The van der Waals surface area contributed by atoms with Crippen LogP contribution in [0.5, 0.6) is 0 Å². The van der Waals surface area contributed by atoms with Crippen molar-refractivity contribution >= 4 is 22.5 Å². The van der Waals surface area contributed by atoms with Gasteiger partial charge >= 0.3 is 0 Å². The third-order valence-corrected chi connectivity index (χ3v) is 6.08. The van der Waals surface area contributed by atoms with E-state index in [2.05, 4.69) is 48.2 Å². The summed E-state index contributed by atoms with van der Waals surface area (Å²) in [6.07, 6.45) is 0. The molecular weight excluding hydrogens is 405 g/mol. The molecule has 1 fully saturated rings. The summed E-state index contributed by atoms with van der Waals surface area (Å²) in [5.74, 6) is 0.216. The van der Waals surface area contributed by atoms with Crippen LogP contribution in [0.1, 0.15) is 22.8 Å². The van der Waals surface area contributed by atoms with Crippen LogP contribution >= 0.6 is 0 Å². The fourth-order valence-corrected chi connectivity index (χ4v) is 4.40. The Morgan fingerprint density at radius 2 is 1.88 bits per heavy atom. The number of piperazine rings is 1. The lowest BCUT2D eigenvalue weighted by molar-refractivity contribution is 0.0726. The molecule has 1 aliphatic rings. The molecule has 1 amide bonds. The average molecular weight is 429 g/mol. The summed E-state index contributed by atoms with van der Waals surface area (Å²) in [4.78, 5) is 17.6. The second-order valence-electron chi connectivity index (χ2n) is 8.38. The Hall–Kier alpha value is -3.67. The molecule has 0 aliphatic carbocycles. The molecule has 1 aliphatic heterocycles. The number of fused-ring (bicyclic) bond motifs is 1. The summed E-state index contributed by atoms with van der Waals surface area (Å²) in [5, 5.41) is 4.84. The SMILES string of the molecule is Cc1cccc(N2CCN(C(=O)c3ccc4noc(-c5ccc(F)cc5)c4c3)CC2C)c1. The van der Waals surface area contributed by atoms with E-state index in [9.17, 15) is 9.18 Å². The van der Waals surface area contributed by atoms with Crippen LogP contribution in [0.2, 0.25) is 0 Å². The zero-order valence-electron chi connectivity index (χ0n) is 18.1. The van der Waals surface area contributed by atoms with Gasteiger partial charge in [0.05, 0.1) is 5.39 Å². The van der Waals surface area contributed by atoms with Crippen molar-refractivity contribution < 1.29 is 13.7 Å². The van der Waals surface area contributed by atoms with Crippen LogP contribution in [0.3, 0.4) is 0 Å². The molecule has 2 heterocycles. The lowest BCUT2D eigenvalue weighted by Gasteiger charge is -2.41. The van der Waals surface area contributed by atoms with E-state index < -0.39 is 0 Å². The zero-order chi connectivity index (χ0) is 22.2. The standard InChI is InChI=1S/C26H24FN3O2/c1-17-4-3-5-22(14-17)30-13-12-29(16-18(30)2)26(31)20-8-11-24-23(15-20)25(32-28-24)19-6-9-21(27)10-7-19/h3-11,14-15,18H,12-13,16H2,1-2H3. The first-order valence-electron chi connectivity index (χ1n) is 10.8. The molecule has 0 saturated carbocycles. The van der Waals surface area contributed by atoms with Crippen molar-refractivity contribution in [3.63, 3.8) is 0 Å². The predicted molar refractivity (Wildman–Crippen MR) is 123 cm³/mol. The van der Waals surface area contributed by atoms with E-state index in [1.54, 1.807) is 24.3 Å². The van der Waals surface area contributed by atoms with Gasteiger partial charge in [-0.05, 0) is 74.0 Å². The van der Waals surface area contributed by atoms with Gasteiger partial charge in [-0.15, -0.1) is 0 Å². The Morgan fingerprint density at radius 3 is 2.62 bits per heavy atom. The minimum Gasteiger partial charge on any atom is -0.365 e. The van der Waals surface area contributed by atoms with Crippen LogP contribution in [-0.4, -0.2) is 41.6 Å². The first kappa shape index (κ1) is 20.2. The van der Waals surface area contributed by atoms with Crippen LogP contribution in [0.15, 0.2) is 71.3 Å². The smallest absolute Gasteiger partial charge is 0.254 e. The van der Waals surface area contributed by atoms with Crippen molar-refractivity contribution in [2.45, 2.75) is 19.9 Å². The number of nitrogens with zero attached hydrogens (tertiary/aromatic N) is 3. The number of hydrogen-bond acceptors (Lipinski definition) is 4.